The highest BCUT2D eigenvalue weighted by Gasteiger charge is 2.28. The zero-order valence-corrected chi connectivity index (χ0v) is 16.5. The maximum atomic E-state index is 14.2. The molecule has 0 unspecified atom stereocenters. The second-order valence-corrected chi connectivity index (χ2v) is 8.26. The summed E-state index contributed by atoms with van der Waals surface area (Å²) in [4.78, 5) is 0. The molecule has 28 heavy (non-hydrogen) atoms. The molecule has 140 valence electrons. The number of thiophene rings is 1. The Balaban J connectivity index is 1.83. The number of hydrogen-bond acceptors (Lipinski definition) is 2. The molecule has 4 aromatic rings. The van der Waals surface area contributed by atoms with Crippen LogP contribution >= 0.6 is 11.3 Å². The first-order valence-corrected chi connectivity index (χ1v) is 10.6. The number of hydrogen-bond donors (Lipinski definition) is 1. The summed E-state index contributed by atoms with van der Waals surface area (Å²) in [6.07, 6.45) is 3.70. The molecule has 0 spiro atoms. The van der Waals surface area contributed by atoms with E-state index < -0.39 is 0 Å². The minimum absolute atomic E-state index is 0.374. The fraction of sp³-hybridized carbons (Fsp3) is 0.208. The largest absolute Gasteiger partial charge is 0.252 e. The van der Waals surface area contributed by atoms with Gasteiger partial charge in [0.05, 0.1) is 10.9 Å². The number of H-pyrrole nitrogens is 1. The van der Waals surface area contributed by atoms with Crippen LogP contribution in [0, 0.1) is 18.8 Å². The summed E-state index contributed by atoms with van der Waals surface area (Å²) >= 11 is 1.75. The molecular weight excluding hydrogens is 367 g/mol. The van der Waals surface area contributed by atoms with Gasteiger partial charge in [-0.1, -0.05) is 42.8 Å². The van der Waals surface area contributed by atoms with Crippen LogP contribution in [0.1, 0.15) is 41.5 Å². The molecule has 1 aliphatic carbocycles. The van der Waals surface area contributed by atoms with Crippen molar-refractivity contribution in [1.29, 1.82) is 0 Å². The lowest BCUT2D eigenvalue weighted by Gasteiger charge is -2.31. The van der Waals surface area contributed by atoms with Gasteiger partial charge in [-0.05, 0) is 82.0 Å². The summed E-state index contributed by atoms with van der Waals surface area (Å²) in [5.74, 6) is 0.176. The number of fused-ring (bicyclic) bond motifs is 1. The maximum absolute atomic E-state index is 14.2. The molecule has 1 saturated carbocycles. The van der Waals surface area contributed by atoms with Gasteiger partial charge in [-0.2, -0.15) is 20.8 Å². The summed E-state index contributed by atoms with van der Waals surface area (Å²) in [5.41, 5.74) is 8.15. The lowest BCUT2D eigenvalue weighted by molar-refractivity contribution is 0.401. The summed E-state index contributed by atoms with van der Waals surface area (Å²) in [5, 5.41) is 11.5. The molecule has 0 saturated heterocycles. The number of halogens is 1. The van der Waals surface area contributed by atoms with E-state index in [0.717, 1.165) is 5.56 Å². The fourth-order valence-corrected chi connectivity index (χ4v) is 4.96. The molecule has 1 fully saturated rings. The highest BCUT2D eigenvalue weighted by Crippen LogP contribution is 2.46. The van der Waals surface area contributed by atoms with Crippen molar-refractivity contribution in [1.82, 2.24) is 10.2 Å². The Morgan fingerprint density at radius 2 is 1.89 bits per heavy atom. The van der Waals surface area contributed by atoms with Crippen molar-refractivity contribution in [2.24, 2.45) is 5.92 Å². The molecule has 4 heteroatoms. The second-order valence-electron chi connectivity index (χ2n) is 7.52. The third-order valence-electron chi connectivity index (χ3n) is 5.79. The van der Waals surface area contributed by atoms with Crippen LogP contribution in [0.5, 0.6) is 0 Å². The van der Waals surface area contributed by atoms with Crippen LogP contribution in [0.2, 0.25) is 0 Å². The van der Waals surface area contributed by atoms with E-state index >= 15 is 0 Å². The van der Waals surface area contributed by atoms with Gasteiger partial charge in [0, 0.05) is 0 Å². The number of benzene rings is 2. The molecular formula is C24H21FN2S. The first kappa shape index (κ1) is 17.4. The maximum Gasteiger partial charge on any atom is 0.216 e. The number of aromatic nitrogens is 2. The van der Waals surface area contributed by atoms with Crippen LogP contribution in [0.25, 0.3) is 22.0 Å². The lowest BCUT2D eigenvalue weighted by Crippen LogP contribution is -2.15. The number of aryl methyl sites for hydroxylation is 1. The Morgan fingerprint density at radius 1 is 1.07 bits per heavy atom. The minimum atomic E-state index is -0.374. The highest BCUT2D eigenvalue weighted by molar-refractivity contribution is 7.08. The van der Waals surface area contributed by atoms with Crippen molar-refractivity contribution in [3.8, 4) is 0 Å². The topological polar surface area (TPSA) is 28.7 Å². The molecule has 0 amide bonds. The average molecular weight is 389 g/mol. The normalized spacial score (nSPS) is 15.5. The van der Waals surface area contributed by atoms with Gasteiger partial charge >= 0.3 is 0 Å². The number of aromatic amines is 1. The van der Waals surface area contributed by atoms with Crippen molar-refractivity contribution in [2.45, 2.75) is 26.2 Å². The van der Waals surface area contributed by atoms with E-state index in [4.69, 9.17) is 0 Å². The van der Waals surface area contributed by atoms with Crippen LogP contribution in [-0.4, -0.2) is 10.2 Å². The first-order valence-electron chi connectivity index (χ1n) is 9.69. The number of rotatable bonds is 4. The monoisotopic (exact) mass is 388 g/mol. The summed E-state index contributed by atoms with van der Waals surface area (Å²) < 4.78 is 14.2. The smallest absolute Gasteiger partial charge is 0.216 e. The van der Waals surface area contributed by atoms with E-state index in [1.165, 1.54) is 47.1 Å². The van der Waals surface area contributed by atoms with Crippen molar-refractivity contribution in [3.63, 3.8) is 0 Å². The quantitative estimate of drug-likeness (QED) is 0.408. The Morgan fingerprint density at radius 3 is 2.57 bits per heavy atom. The van der Waals surface area contributed by atoms with Gasteiger partial charge in [-0.15, -0.1) is 0 Å². The standard InChI is InChI=1S/C24H21FN2S/c1-15-13-28-14-20(15)23(17-8-5-9-17)22(16-6-3-2-4-7-16)18-10-11-21-19(12-18)24(25)27-26-21/h2-4,6-7,10-14,17H,5,8-9H2,1H3,(H,26,27)/b23-22+. The van der Waals surface area contributed by atoms with Crippen LogP contribution < -0.4 is 0 Å². The molecule has 1 N–H and O–H groups in total. The van der Waals surface area contributed by atoms with Crippen molar-refractivity contribution >= 4 is 33.4 Å². The van der Waals surface area contributed by atoms with Gasteiger partial charge in [0.15, 0.2) is 0 Å². The molecule has 0 radical (unpaired) electrons. The number of allylic oxidation sites excluding steroid dienone is 1. The summed E-state index contributed by atoms with van der Waals surface area (Å²) in [6.45, 7) is 2.19. The Hall–Kier alpha value is -2.72. The molecule has 2 aromatic heterocycles. The minimum Gasteiger partial charge on any atom is -0.252 e. The molecule has 0 bridgehead atoms. The van der Waals surface area contributed by atoms with E-state index in [1.54, 1.807) is 11.3 Å². The van der Waals surface area contributed by atoms with Crippen LogP contribution in [0.3, 0.4) is 0 Å². The second kappa shape index (κ2) is 7.02. The zero-order chi connectivity index (χ0) is 19.1. The zero-order valence-electron chi connectivity index (χ0n) is 15.7. The third-order valence-corrected chi connectivity index (χ3v) is 6.65. The fourth-order valence-electron chi connectivity index (χ4n) is 4.11. The highest BCUT2D eigenvalue weighted by atomic mass is 32.1. The third kappa shape index (κ3) is 2.89. The van der Waals surface area contributed by atoms with Gasteiger partial charge in [0.1, 0.15) is 0 Å². The Bertz CT molecular complexity index is 1170. The predicted molar refractivity (Wildman–Crippen MR) is 115 cm³/mol. The van der Waals surface area contributed by atoms with E-state index in [2.05, 4.69) is 58.2 Å². The van der Waals surface area contributed by atoms with Crippen molar-refractivity contribution in [2.75, 3.05) is 0 Å². The summed E-state index contributed by atoms with van der Waals surface area (Å²) in [6, 6.07) is 16.4. The van der Waals surface area contributed by atoms with Crippen molar-refractivity contribution < 1.29 is 4.39 Å². The SMILES string of the molecule is Cc1cscc1/C(=C(\c1ccccc1)c1ccc2n[nH]c(F)c2c1)C1CCC1. The van der Waals surface area contributed by atoms with Gasteiger partial charge < -0.3 is 0 Å². The predicted octanol–water partition coefficient (Wildman–Crippen LogP) is 6.83. The van der Waals surface area contributed by atoms with E-state index in [0.29, 0.717) is 16.8 Å². The van der Waals surface area contributed by atoms with Gasteiger partial charge in [0.2, 0.25) is 5.95 Å². The van der Waals surface area contributed by atoms with Crippen molar-refractivity contribution in [3.05, 3.63) is 87.5 Å². The van der Waals surface area contributed by atoms with E-state index in [9.17, 15) is 4.39 Å². The number of nitrogens with one attached hydrogen (secondary N) is 1. The van der Waals surface area contributed by atoms with E-state index in [1.807, 2.05) is 18.2 Å². The van der Waals surface area contributed by atoms with Gasteiger partial charge in [0.25, 0.3) is 0 Å². The van der Waals surface area contributed by atoms with Gasteiger partial charge in [-0.3, -0.25) is 5.10 Å². The van der Waals surface area contributed by atoms with Gasteiger partial charge in [-0.25, -0.2) is 0 Å². The number of nitrogens with zero attached hydrogens (tertiary/aromatic N) is 1. The molecule has 2 nitrogen and oxygen atoms in total. The summed E-state index contributed by atoms with van der Waals surface area (Å²) in [7, 11) is 0. The van der Waals surface area contributed by atoms with Crippen LogP contribution in [0.4, 0.5) is 4.39 Å². The average Bonchev–Trinajstić information content (AvgIpc) is 3.26. The molecule has 2 heterocycles. The molecule has 0 atom stereocenters. The van der Waals surface area contributed by atoms with Crippen LogP contribution in [0.15, 0.2) is 59.3 Å². The molecule has 5 rings (SSSR count). The van der Waals surface area contributed by atoms with E-state index in [-0.39, 0.29) is 5.95 Å². The molecule has 0 aliphatic heterocycles. The first-order chi connectivity index (χ1) is 13.7. The Labute approximate surface area is 167 Å². The lowest BCUT2D eigenvalue weighted by atomic mass is 9.73. The van der Waals surface area contributed by atoms with Crippen LogP contribution in [-0.2, 0) is 0 Å². The Kier molecular flexibility index (Phi) is 4.36. The molecule has 2 aromatic carbocycles. The molecule has 1 aliphatic rings.